The van der Waals surface area contributed by atoms with E-state index in [9.17, 15) is 4.79 Å². The molecule has 142 valence electrons. The molecule has 0 saturated carbocycles. The molecule has 0 spiro atoms. The van der Waals surface area contributed by atoms with Gasteiger partial charge in [-0.1, -0.05) is 24.3 Å². The number of nitrogens with zero attached hydrogens (tertiary/aromatic N) is 1. The van der Waals surface area contributed by atoms with Gasteiger partial charge in [0.25, 0.3) is 5.91 Å². The molecular formula is C22H27N3O2. The summed E-state index contributed by atoms with van der Waals surface area (Å²) in [4.78, 5) is 15.3. The fraction of sp³-hybridized carbons (Fsp3) is 0.409. The Kier molecular flexibility index (Phi) is 5.14. The van der Waals surface area contributed by atoms with E-state index in [0.29, 0.717) is 23.4 Å². The number of anilines is 1. The Morgan fingerprint density at radius 2 is 1.93 bits per heavy atom. The summed E-state index contributed by atoms with van der Waals surface area (Å²) in [6, 6.07) is 14.9. The zero-order valence-corrected chi connectivity index (χ0v) is 16.0. The van der Waals surface area contributed by atoms with Crippen LogP contribution in [0, 0.1) is 6.92 Å². The van der Waals surface area contributed by atoms with E-state index in [1.165, 1.54) is 18.4 Å². The highest BCUT2D eigenvalue weighted by atomic mass is 16.5. The average molecular weight is 365 g/mol. The lowest BCUT2D eigenvalue weighted by Crippen LogP contribution is -2.50. The molecule has 2 aliphatic rings. The number of ether oxygens (including phenoxy) is 1. The fourth-order valence-corrected chi connectivity index (χ4v) is 4.24. The molecule has 5 heteroatoms. The molecule has 0 unspecified atom stereocenters. The highest BCUT2D eigenvalue weighted by Crippen LogP contribution is 2.28. The van der Waals surface area contributed by atoms with Crippen LogP contribution in [0.2, 0.25) is 0 Å². The number of rotatable bonds is 5. The predicted molar refractivity (Wildman–Crippen MR) is 107 cm³/mol. The topological polar surface area (TPSA) is 53.6 Å². The number of fused-ring (bicyclic) bond motifs is 2. The second-order valence-electron chi connectivity index (χ2n) is 7.64. The van der Waals surface area contributed by atoms with Gasteiger partial charge in [-0.3, -0.25) is 9.69 Å². The first-order chi connectivity index (χ1) is 13.1. The van der Waals surface area contributed by atoms with E-state index in [1.807, 2.05) is 43.3 Å². The van der Waals surface area contributed by atoms with Gasteiger partial charge >= 0.3 is 0 Å². The van der Waals surface area contributed by atoms with E-state index in [0.717, 1.165) is 30.9 Å². The van der Waals surface area contributed by atoms with Gasteiger partial charge in [-0.25, -0.2) is 0 Å². The van der Waals surface area contributed by atoms with Gasteiger partial charge in [0.2, 0.25) is 0 Å². The first-order valence-electron chi connectivity index (χ1n) is 9.64. The molecule has 2 fully saturated rings. The fourth-order valence-electron chi connectivity index (χ4n) is 4.24. The Morgan fingerprint density at radius 3 is 2.67 bits per heavy atom. The van der Waals surface area contributed by atoms with Gasteiger partial charge in [0.05, 0.1) is 12.8 Å². The number of hydrogen-bond donors (Lipinski definition) is 2. The third-order valence-electron chi connectivity index (χ3n) is 5.58. The number of amides is 1. The molecule has 2 aromatic rings. The van der Waals surface area contributed by atoms with E-state index in [2.05, 4.69) is 21.6 Å². The second kappa shape index (κ2) is 7.71. The number of piperazine rings is 1. The highest BCUT2D eigenvalue weighted by molar-refractivity contribution is 6.05. The molecule has 2 atom stereocenters. The summed E-state index contributed by atoms with van der Waals surface area (Å²) in [6.07, 6.45) is 2.56. The van der Waals surface area contributed by atoms with Crippen molar-refractivity contribution in [2.75, 3.05) is 25.5 Å². The Morgan fingerprint density at radius 1 is 1.19 bits per heavy atom. The van der Waals surface area contributed by atoms with E-state index < -0.39 is 0 Å². The van der Waals surface area contributed by atoms with Crippen LogP contribution in [0.1, 0.15) is 34.3 Å². The summed E-state index contributed by atoms with van der Waals surface area (Å²) >= 11 is 0. The van der Waals surface area contributed by atoms with Crippen LogP contribution < -0.4 is 15.4 Å². The molecule has 1 amide bonds. The predicted octanol–water partition coefficient (Wildman–Crippen LogP) is 3.19. The van der Waals surface area contributed by atoms with E-state index in [4.69, 9.17) is 4.74 Å². The molecule has 27 heavy (non-hydrogen) atoms. The summed E-state index contributed by atoms with van der Waals surface area (Å²) in [5.74, 6) is 0.570. The van der Waals surface area contributed by atoms with Crippen LogP contribution in [0.5, 0.6) is 5.75 Å². The molecule has 2 bridgehead atoms. The zero-order valence-electron chi connectivity index (χ0n) is 16.0. The van der Waals surface area contributed by atoms with Crippen molar-refractivity contribution >= 4 is 11.6 Å². The molecule has 0 radical (unpaired) electrons. The quantitative estimate of drug-likeness (QED) is 0.854. The molecule has 2 N–H and O–H groups in total. The Bertz CT molecular complexity index is 824. The number of para-hydroxylation sites is 1. The minimum Gasteiger partial charge on any atom is -0.495 e. The van der Waals surface area contributed by atoms with Gasteiger partial charge < -0.3 is 15.4 Å². The smallest absolute Gasteiger partial charge is 0.255 e. The SMILES string of the molecule is COc1cccc(C)c1NC(=O)c1cccc(CN2C[C@H]3CC[C@@H](C2)N3)c1. The third-order valence-corrected chi connectivity index (χ3v) is 5.58. The van der Waals surface area contributed by atoms with Crippen molar-refractivity contribution in [3.8, 4) is 5.75 Å². The number of benzene rings is 2. The number of hydrogen-bond acceptors (Lipinski definition) is 4. The van der Waals surface area contributed by atoms with Gasteiger partial charge in [0, 0.05) is 37.3 Å². The highest BCUT2D eigenvalue weighted by Gasteiger charge is 2.31. The Balaban J connectivity index is 1.47. The van der Waals surface area contributed by atoms with Gasteiger partial charge in [-0.2, -0.15) is 0 Å². The lowest BCUT2D eigenvalue weighted by Gasteiger charge is -2.32. The minimum absolute atomic E-state index is 0.107. The molecule has 4 rings (SSSR count). The average Bonchev–Trinajstić information content (AvgIpc) is 3.01. The summed E-state index contributed by atoms with van der Waals surface area (Å²) in [5.41, 5.74) is 3.57. The summed E-state index contributed by atoms with van der Waals surface area (Å²) < 4.78 is 5.39. The number of aryl methyl sites for hydroxylation is 1. The maximum atomic E-state index is 12.8. The van der Waals surface area contributed by atoms with Crippen molar-refractivity contribution in [2.45, 2.75) is 38.4 Å². The van der Waals surface area contributed by atoms with Gasteiger partial charge in [0.1, 0.15) is 5.75 Å². The van der Waals surface area contributed by atoms with Gasteiger partial charge in [0.15, 0.2) is 0 Å². The van der Waals surface area contributed by atoms with Crippen molar-refractivity contribution in [3.05, 3.63) is 59.2 Å². The minimum atomic E-state index is -0.107. The largest absolute Gasteiger partial charge is 0.495 e. The summed E-state index contributed by atoms with van der Waals surface area (Å²) in [6.45, 7) is 5.04. The molecule has 2 aliphatic heterocycles. The summed E-state index contributed by atoms with van der Waals surface area (Å²) in [7, 11) is 1.62. The van der Waals surface area contributed by atoms with Crippen molar-refractivity contribution < 1.29 is 9.53 Å². The number of carbonyl (C=O) groups is 1. The van der Waals surface area contributed by atoms with Crippen LogP contribution in [0.25, 0.3) is 0 Å². The second-order valence-corrected chi connectivity index (χ2v) is 7.64. The van der Waals surface area contributed by atoms with Crippen LogP contribution in [-0.4, -0.2) is 43.1 Å². The van der Waals surface area contributed by atoms with Crippen LogP contribution in [0.15, 0.2) is 42.5 Å². The maximum Gasteiger partial charge on any atom is 0.255 e. The molecule has 0 aliphatic carbocycles. The first kappa shape index (κ1) is 18.0. The zero-order chi connectivity index (χ0) is 18.8. The van der Waals surface area contributed by atoms with Crippen molar-refractivity contribution in [1.82, 2.24) is 10.2 Å². The van der Waals surface area contributed by atoms with E-state index >= 15 is 0 Å². The normalized spacial score (nSPS) is 21.9. The molecule has 2 saturated heterocycles. The lowest BCUT2D eigenvalue weighted by molar-refractivity contribution is 0.102. The molecule has 2 aromatic carbocycles. The lowest BCUT2D eigenvalue weighted by atomic mass is 10.1. The van der Waals surface area contributed by atoms with Crippen molar-refractivity contribution in [2.24, 2.45) is 0 Å². The third kappa shape index (κ3) is 3.99. The van der Waals surface area contributed by atoms with Crippen LogP contribution >= 0.6 is 0 Å². The van der Waals surface area contributed by atoms with Crippen molar-refractivity contribution in [3.63, 3.8) is 0 Å². The van der Waals surface area contributed by atoms with Crippen LogP contribution in [-0.2, 0) is 6.54 Å². The van der Waals surface area contributed by atoms with Crippen molar-refractivity contribution in [1.29, 1.82) is 0 Å². The van der Waals surface area contributed by atoms with Gasteiger partial charge in [-0.15, -0.1) is 0 Å². The van der Waals surface area contributed by atoms with Gasteiger partial charge in [-0.05, 0) is 49.1 Å². The van der Waals surface area contributed by atoms with E-state index in [1.54, 1.807) is 7.11 Å². The Labute approximate surface area is 160 Å². The van der Waals surface area contributed by atoms with E-state index in [-0.39, 0.29) is 5.91 Å². The number of carbonyl (C=O) groups excluding carboxylic acids is 1. The number of likely N-dealkylation sites (tertiary alicyclic amines) is 1. The monoisotopic (exact) mass is 365 g/mol. The molecule has 5 nitrogen and oxygen atoms in total. The summed E-state index contributed by atoms with van der Waals surface area (Å²) in [5, 5.41) is 6.67. The number of methoxy groups -OCH3 is 1. The number of nitrogens with one attached hydrogen (secondary N) is 2. The Hall–Kier alpha value is -2.37. The molecular weight excluding hydrogens is 338 g/mol. The standard InChI is InChI=1S/C22H27N3O2/c1-15-5-3-8-20(27-2)21(15)24-22(26)17-7-4-6-16(11-17)12-25-13-18-9-10-19(14-25)23-18/h3-8,11,18-19,23H,9-10,12-14H2,1-2H3,(H,24,26)/t18-,19+. The molecule has 0 aromatic heterocycles. The molecule has 2 heterocycles. The maximum absolute atomic E-state index is 12.8. The first-order valence-corrected chi connectivity index (χ1v) is 9.64. The van der Waals surface area contributed by atoms with Crippen LogP contribution in [0.3, 0.4) is 0 Å². The van der Waals surface area contributed by atoms with Crippen LogP contribution in [0.4, 0.5) is 5.69 Å².